The second-order valence-corrected chi connectivity index (χ2v) is 7.31. The minimum Gasteiger partial charge on any atom is -0.480 e. The molecule has 1 saturated heterocycles. The summed E-state index contributed by atoms with van der Waals surface area (Å²) in [5.41, 5.74) is 1.50. The summed E-state index contributed by atoms with van der Waals surface area (Å²) >= 11 is 0. The molecule has 1 unspecified atom stereocenters. The number of carboxylic acids is 1. The van der Waals surface area contributed by atoms with Crippen LogP contribution in [0.3, 0.4) is 0 Å². The van der Waals surface area contributed by atoms with E-state index in [-0.39, 0.29) is 0 Å². The number of hydrogen-bond donors (Lipinski definition) is 2. The van der Waals surface area contributed by atoms with E-state index < -0.39 is 21.2 Å². The van der Waals surface area contributed by atoms with Crippen LogP contribution in [-0.2, 0) is 21.4 Å². The summed E-state index contributed by atoms with van der Waals surface area (Å²) in [6.07, 6.45) is 2.45. The van der Waals surface area contributed by atoms with Gasteiger partial charge in [0.2, 0.25) is 10.0 Å². The van der Waals surface area contributed by atoms with Crippen LogP contribution < -0.4 is 4.72 Å². The minimum atomic E-state index is -3.91. The van der Waals surface area contributed by atoms with Gasteiger partial charge < -0.3 is 5.11 Å². The highest BCUT2D eigenvalue weighted by Gasteiger charge is 2.27. The van der Waals surface area contributed by atoms with E-state index in [9.17, 15) is 13.2 Å². The number of sulfonamides is 1. The lowest BCUT2D eigenvalue weighted by Crippen LogP contribution is -2.32. The first-order chi connectivity index (χ1) is 9.88. The third-order valence-electron chi connectivity index (χ3n) is 3.63. The summed E-state index contributed by atoms with van der Waals surface area (Å²) in [6, 6.07) is 7.05. The van der Waals surface area contributed by atoms with E-state index in [0.29, 0.717) is 5.69 Å². The summed E-state index contributed by atoms with van der Waals surface area (Å²) in [6.45, 7) is 4.21. The highest BCUT2D eigenvalue weighted by atomic mass is 32.2. The molecule has 1 aromatic rings. The highest BCUT2D eigenvalue weighted by molar-refractivity contribution is 7.94. The lowest BCUT2D eigenvalue weighted by Gasteiger charge is -2.15. The van der Waals surface area contributed by atoms with Crippen LogP contribution in [0.25, 0.3) is 0 Å². The molecule has 1 fully saturated rings. The monoisotopic (exact) mass is 312 g/mol. The molecule has 1 atom stereocenters. The SMILES string of the molecule is CC(C(=O)O)S(=O)(=O)Nc1ccc(CN2CCCC2)cc1. The number of carboxylic acid groups (broad SMARTS) is 1. The van der Waals surface area contributed by atoms with Crippen molar-refractivity contribution in [3.63, 3.8) is 0 Å². The van der Waals surface area contributed by atoms with E-state index in [2.05, 4.69) is 9.62 Å². The van der Waals surface area contributed by atoms with Crippen LogP contribution in [0, 0.1) is 0 Å². The molecule has 6 nitrogen and oxygen atoms in total. The van der Waals surface area contributed by atoms with E-state index >= 15 is 0 Å². The largest absolute Gasteiger partial charge is 0.480 e. The van der Waals surface area contributed by atoms with Crippen LogP contribution in [0.4, 0.5) is 5.69 Å². The molecule has 116 valence electrons. The summed E-state index contributed by atoms with van der Waals surface area (Å²) in [7, 11) is -3.91. The number of benzene rings is 1. The molecule has 0 aliphatic carbocycles. The second kappa shape index (κ2) is 6.44. The maximum Gasteiger partial charge on any atom is 0.323 e. The number of nitrogens with one attached hydrogen (secondary N) is 1. The van der Waals surface area contributed by atoms with E-state index in [1.807, 2.05) is 12.1 Å². The molecule has 0 saturated carbocycles. The van der Waals surface area contributed by atoms with Crippen LogP contribution in [0.5, 0.6) is 0 Å². The molecule has 0 aromatic heterocycles. The standard InChI is InChI=1S/C14H20N2O4S/c1-11(14(17)18)21(19,20)15-13-6-4-12(5-7-13)10-16-8-2-3-9-16/h4-7,11,15H,2-3,8-10H2,1H3,(H,17,18). The molecule has 2 rings (SSSR count). The first-order valence-corrected chi connectivity index (χ1v) is 8.49. The van der Waals surface area contributed by atoms with Gasteiger partial charge >= 0.3 is 5.97 Å². The Kier molecular flexibility index (Phi) is 4.84. The van der Waals surface area contributed by atoms with Crippen molar-refractivity contribution < 1.29 is 18.3 Å². The summed E-state index contributed by atoms with van der Waals surface area (Å²) < 4.78 is 25.9. The topological polar surface area (TPSA) is 86.7 Å². The summed E-state index contributed by atoms with van der Waals surface area (Å²) in [4.78, 5) is 13.1. The lowest BCUT2D eigenvalue weighted by atomic mass is 10.2. The summed E-state index contributed by atoms with van der Waals surface area (Å²) in [5, 5.41) is 7.29. The van der Waals surface area contributed by atoms with Gasteiger partial charge in [-0.3, -0.25) is 14.4 Å². The van der Waals surface area contributed by atoms with E-state index in [4.69, 9.17) is 5.11 Å². The molecule has 2 N–H and O–H groups in total. The molecule has 1 aliphatic rings. The normalized spacial score (nSPS) is 17.6. The maximum absolute atomic E-state index is 11.8. The number of carbonyl (C=O) groups is 1. The van der Waals surface area contributed by atoms with Gasteiger partial charge in [0.05, 0.1) is 0 Å². The van der Waals surface area contributed by atoms with Gasteiger partial charge in [-0.15, -0.1) is 0 Å². The van der Waals surface area contributed by atoms with Crippen molar-refractivity contribution in [2.24, 2.45) is 0 Å². The van der Waals surface area contributed by atoms with Crippen LogP contribution in [0.15, 0.2) is 24.3 Å². The number of rotatable bonds is 6. The molecule has 0 radical (unpaired) electrons. The average Bonchev–Trinajstić information content (AvgIpc) is 2.92. The van der Waals surface area contributed by atoms with Gasteiger partial charge in [-0.05, 0) is 50.6 Å². The predicted octanol–water partition coefficient (Wildman–Crippen LogP) is 1.50. The molecule has 1 aliphatic heterocycles. The third-order valence-corrected chi connectivity index (χ3v) is 5.28. The van der Waals surface area contributed by atoms with Crippen molar-refractivity contribution in [1.29, 1.82) is 0 Å². The Labute approximate surface area is 124 Å². The molecular formula is C14H20N2O4S. The van der Waals surface area contributed by atoms with Crippen molar-refractivity contribution in [3.8, 4) is 0 Å². The van der Waals surface area contributed by atoms with Gasteiger partial charge in [-0.1, -0.05) is 12.1 Å². The number of anilines is 1. The number of aliphatic carboxylic acids is 1. The molecule has 0 spiro atoms. The molecular weight excluding hydrogens is 292 g/mol. The fourth-order valence-electron chi connectivity index (χ4n) is 2.26. The molecule has 1 aromatic carbocycles. The smallest absolute Gasteiger partial charge is 0.323 e. The number of hydrogen-bond acceptors (Lipinski definition) is 4. The van der Waals surface area contributed by atoms with Crippen LogP contribution in [-0.4, -0.2) is 42.7 Å². The quantitative estimate of drug-likeness (QED) is 0.831. The maximum atomic E-state index is 11.8. The van der Waals surface area contributed by atoms with Gasteiger partial charge in [-0.25, -0.2) is 8.42 Å². The Morgan fingerprint density at radius 1 is 1.29 bits per heavy atom. The summed E-state index contributed by atoms with van der Waals surface area (Å²) in [5.74, 6) is -1.37. The zero-order chi connectivity index (χ0) is 15.5. The molecule has 7 heteroatoms. The first kappa shape index (κ1) is 15.8. The highest BCUT2D eigenvalue weighted by Crippen LogP contribution is 2.17. The third kappa shape index (κ3) is 4.18. The van der Waals surface area contributed by atoms with E-state index in [1.165, 1.54) is 12.8 Å². The Bertz CT molecular complexity index is 592. The molecule has 0 amide bonds. The van der Waals surface area contributed by atoms with E-state index in [1.54, 1.807) is 12.1 Å². The number of nitrogens with zero attached hydrogens (tertiary/aromatic N) is 1. The first-order valence-electron chi connectivity index (χ1n) is 6.94. The average molecular weight is 312 g/mol. The van der Waals surface area contributed by atoms with Gasteiger partial charge in [-0.2, -0.15) is 0 Å². The molecule has 0 bridgehead atoms. The van der Waals surface area contributed by atoms with Gasteiger partial charge in [0, 0.05) is 12.2 Å². The van der Waals surface area contributed by atoms with Crippen molar-refractivity contribution in [3.05, 3.63) is 29.8 Å². The Morgan fingerprint density at radius 2 is 1.86 bits per heavy atom. The van der Waals surface area contributed by atoms with E-state index in [0.717, 1.165) is 32.1 Å². The zero-order valence-electron chi connectivity index (χ0n) is 11.9. The van der Waals surface area contributed by atoms with Crippen LogP contribution in [0.2, 0.25) is 0 Å². The van der Waals surface area contributed by atoms with Gasteiger partial charge in [0.1, 0.15) is 0 Å². The van der Waals surface area contributed by atoms with Crippen LogP contribution in [0.1, 0.15) is 25.3 Å². The van der Waals surface area contributed by atoms with Crippen molar-refractivity contribution in [2.45, 2.75) is 31.6 Å². The zero-order valence-corrected chi connectivity index (χ0v) is 12.8. The predicted molar refractivity (Wildman–Crippen MR) is 80.6 cm³/mol. The molecule has 1 heterocycles. The van der Waals surface area contributed by atoms with Gasteiger partial charge in [0.15, 0.2) is 5.25 Å². The fourth-order valence-corrected chi connectivity index (χ4v) is 3.17. The minimum absolute atomic E-state index is 0.383. The van der Waals surface area contributed by atoms with Crippen molar-refractivity contribution in [1.82, 2.24) is 4.90 Å². The fraction of sp³-hybridized carbons (Fsp3) is 0.500. The van der Waals surface area contributed by atoms with Crippen molar-refractivity contribution in [2.75, 3.05) is 17.8 Å². The van der Waals surface area contributed by atoms with Crippen LogP contribution >= 0.6 is 0 Å². The Morgan fingerprint density at radius 3 is 2.38 bits per heavy atom. The second-order valence-electron chi connectivity index (χ2n) is 5.31. The molecule has 21 heavy (non-hydrogen) atoms. The van der Waals surface area contributed by atoms with Crippen molar-refractivity contribution >= 4 is 21.7 Å². The Hall–Kier alpha value is -1.60. The lowest BCUT2D eigenvalue weighted by molar-refractivity contribution is -0.136. The Balaban J connectivity index is 2.00. The van der Waals surface area contributed by atoms with Gasteiger partial charge in [0.25, 0.3) is 0 Å². The number of likely N-dealkylation sites (tertiary alicyclic amines) is 1.